The molecule has 0 saturated heterocycles. The first-order valence-electron chi connectivity index (χ1n) is 5.04. The third-order valence-corrected chi connectivity index (χ3v) is 2.10. The van der Waals surface area contributed by atoms with Gasteiger partial charge in [0, 0.05) is 14.1 Å². The van der Waals surface area contributed by atoms with Crippen molar-refractivity contribution in [3.8, 4) is 0 Å². The Hall–Kier alpha value is -1.98. The van der Waals surface area contributed by atoms with Crippen LogP contribution in [0.25, 0.3) is 0 Å². The van der Waals surface area contributed by atoms with Gasteiger partial charge in [-0.15, -0.1) is 5.10 Å². The van der Waals surface area contributed by atoms with Crippen molar-refractivity contribution in [2.75, 3.05) is 24.3 Å². The van der Waals surface area contributed by atoms with Gasteiger partial charge in [0.2, 0.25) is 11.9 Å². The van der Waals surface area contributed by atoms with Crippen LogP contribution in [0.3, 0.4) is 0 Å². The minimum absolute atomic E-state index is 0.593. The number of aromatic nitrogens is 3. The average molecular weight is 221 g/mol. The monoisotopic (exact) mass is 221 g/mol. The molecule has 2 N–H and O–H groups in total. The number of aromatic amines is 1. The van der Waals surface area contributed by atoms with Crippen molar-refractivity contribution < 1.29 is 4.42 Å². The predicted molar refractivity (Wildman–Crippen MR) is 61.5 cm³/mol. The molecule has 0 atom stereocenters. The van der Waals surface area contributed by atoms with Gasteiger partial charge in [-0.05, 0) is 19.1 Å². The van der Waals surface area contributed by atoms with E-state index < -0.39 is 0 Å². The van der Waals surface area contributed by atoms with Crippen LogP contribution in [0.4, 0.5) is 11.9 Å². The Morgan fingerprint density at radius 2 is 2.25 bits per heavy atom. The molecule has 2 heterocycles. The number of nitrogens with one attached hydrogen (secondary N) is 2. The van der Waals surface area contributed by atoms with E-state index in [1.165, 1.54) is 0 Å². The minimum atomic E-state index is 0.593. The molecule has 86 valence electrons. The van der Waals surface area contributed by atoms with Crippen molar-refractivity contribution in [3.05, 3.63) is 23.7 Å². The zero-order valence-electron chi connectivity index (χ0n) is 9.61. The largest absolute Gasteiger partial charge is 0.465 e. The van der Waals surface area contributed by atoms with Crippen LogP contribution < -0.4 is 10.2 Å². The molecule has 0 fully saturated rings. The Labute approximate surface area is 93.7 Å². The normalized spacial score (nSPS) is 10.4. The molecule has 0 bridgehead atoms. The van der Waals surface area contributed by atoms with E-state index in [0.29, 0.717) is 18.4 Å². The van der Waals surface area contributed by atoms with E-state index >= 15 is 0 Å². The van der Waals surface area contributed by atoms with Gasteiger partial charge in [0.25, 0.3) is 0 Å². The van der Waals surface area contributed by atoms with Crippen LogP contribution in [0.2, 0.25) is 0 Å². The predicted octanol–water partition coefficient (Wildman–Crippen LogP) is 1.38. The molecule has 0 aliphatic rings. The van der Waals surface area contributed by atoms with E-state index in [9.17, 15) is 0 Å². The molecule has 0 radical (unpaired) electrons. The van der Waals surface area contributed by atoms with Gasteiger partial charge in [-0.3, -0.25) is 0 Å². The summed E-state index contributed by atoms with van der Waals surface area (Å²) in [5, 5.41) is 9.94. The van der Waals surface area contributed by atoms with Crippen molar-refractivity contribution in [1.29, 1.82) is 0 Å². The van der Waals surface area contributed by atoms with Crippen LogP contribution in [0.15, 0.2) is 16.5 Å². The molecule has 0 aliphatic carbocycles. The van der Waals surface area contributed by atoms with Crippen molar-refractivity contribution in [2.45, 2.75) is 13.5 Å². The second kappa shape index (κ2) is 4.26. The topological polar surface area (TPSA) is 70.0 Å². The van der Waals surface area contributed by atoms with E-state index in [2.05, 4.69) is 20.5 Å². The quantitative estimate of drug-likeness (QED) is 0.816. The van der Waals surface area contributed by atoms with Crippen LogP contribution >= 0.6 is 0 Å². The summed E-state index contributed by atoms with van der Waals surface area (Å²) in [6, 6.07) is 3.87. The van der Waals surface area contributed by atoms with E-state index in [1.54, 1.807) is 0 Å². The lowest BCUT2D eigenvalue weighted by atomic mass is 10.4. The first-order chi connectivity index (χ1) is 7.65. The highest BCUT2D eigenvalue weighted by molar-refractivity contribution is 5.35. The molecular formula is C10H15N5O. The van der Waals surface area contributed by atoms with Gasteiger partial charge in [-0.1, -0.05) is 0 Å². The number of hydrogen-bond donors (Lipinski definition) is 2. The molecule has 2 aromatic rings. The van der Waals surface area contributed by atoms with Crippen LogP contribution in [0, 0.1) is 6.92 Å². The van der Waals surface area contributed by atoms with E-state index in [1.807, 2.05) is 38.1 Å². The fraction of sp³-hybridized carbons (Fsp3) is 0.400. The first kappa shape index (κ1) is 10.5. The minimum Gasteiger partial charge on any atom is -0.465 e. The molecule has 6 heteroatoms. The maximum absolute atomic E-state index is 5.42. The maximum Gasteiger partial charge on any atom is 0.245 e. The van der Waals surface area contributed by atoms with Crippen LogP contribution in [-0.2, 0) is 6.54 Å². The van der Waals surface area contributed by atoms with Crippen LogP contribution in [-0.4, -0.2) is 29.3 Å². The first-order valence-corrected chi connectivity index (χ1v) is 5.04. The number of furan rings is 1. The summed E-state index contributed by atoms with van der Waals surface area (Å²) in [6.07, 6.45) is 0. The fourth-order valence-electron chi connectivity index (χ4n) is 1.28. The van der Waals surface area contributed by atoms with Gasteiger partial charge < -0.3 is 14.6 Å². The smallest absolute Gasteiger partial charge is 0.245 e. The second-order valence-corrected chi connectivity index (χ2v) is 3.74. The standard InChI is InChI=1S/C10H15N5O/c1-7-4-5-8(16-7)6-11-9-12-10(14-13-9)15(2)3/h4-5H,6H2,1-3H3,(H2,11,12,13,14). The van der Waals surface area contributed by atoms with Crippen molar-refractivity contribution >= 4 is 11.9 Å². The maximum atomic E-state index is 5.42. The van der Waals surface area contributed by atoms with Gasteiger partial charge in [0.05, 0.1) is 6.54 Å². The third kappa shape index (κ3) is 2.33. The summed E-state index contributed by atoms with van der Waals surface area (Å²) in [7, 11) is 3.78. The van der Waals surface area contributed by atoms with E-state index in [4.69, 9.17) is 4.42 Å². The molecular weight excluding hydrogens is 206 g/mol. The number of nitrogens with zero attached hydrogens (tertiary/aromatic N) is 3. The van der Waals surface area contributed by atoms with Crippen molar-refractivity contribution in [3.63, 3.8) is 0 Å². The lowest BCUT2D eigenvalue weighted by Gasteiger charge is -2.03. The lowest BCUT2D eigenvalue weighted by molar-refractivity contribution is 0.490. The Bertz CT molecular complexity index is 459. The van der Waals surface area contributed by atoms with Crippen LogP contribution in [0.1, 0.15) is 11.5 Å². The van der Waals surface area contributed by atoms with Gasteiger partial charge >= 0.3 is 0 Å². The molecule has 0 spiro atoms. The summed E-state index contributed by atoms with van der Waals surface area (Å²) in [5.41, 5.74) is 0. The molecule has 0 aliphatic heterocycles. The SMILES string of the molecule is Cc1ccc(CNc2nc(N(C)C)n[nH]2)o1. The number of H-pyrrole nitrogens is 1. The highest BCUT2D eigenvalue weighted by atomic mass is 16.3. The van der Waals surface area contributed by atoms with Crippen molar-refractivity contribution in [1.82, 2.24) is 15.2 Å². The molecule has 0 saturated carbocycles. The van der Waals surface area contributed by atoms with E-state index in [0.717, 1.165) is 11.5 Å². The summed E-state index contributed by atoms with van der Waals surface area (Å²) in [6.45, 7) is 2.51. The molecule has 2 rings (SSSR count). The number of rotatable bonds is 4. The zero-order valence-corrected chi connectivity index (χ0v) is 9.61. The lowest BCUT2D eigenvalue weighted by Crippen LogP contribution is -2.10. The summed E-state index contributed by atoms with van der Waals surface area (Å²) in [4.78, 5) is 6.07. The summed E-state index contributed by atoms with van der Waals surface area (Å²) < 4.78 is 5.42. The Kier molecular flexibility index (Phi) is 2.80. The van der Waals surface area contributed by atoms with Crippen molar-refractivity contribution in [2.24, 2.45) is 0 Å². The molecule has 16 heavy (non-hydrogen) atoms. The highest BCUT2D eigenvalue weighted by Crippen LogP contribution is 2.10. The number of hydrogen-bond acceptors (Lipinski definition) is 5. The molecule has 0 aromatic carbocycles. The Morgan fingerprint density at radius 1 is 1.44 bits per heavy atom. The Balaban J connectivity index is 1.94. The van der Waals surface area contributed by atoms with Gasteiger partial charge in [-0.25, -0.2) is 5.10 Å². The summed E-state index contributed by atoms with van der Waals surface area (Å²) in [5.74, 6) is 3.07. The Morgan fingerprint density at radius 3 is 2.81 bits per heavy atom. The third-order valence-electron chi connectivity index (χ3n) is 2.10. The molecule has 0 unspecified atom stereocenters. The summed E-state index contributed by atoms with van der Waals surface area (Å²) >= 11 is 0. The van der Waals surface area contributed by atoms with Gasteiger partial charge in [-0.2, -0.15) is 4.98 Å². The molecule has 6 nitrogen and oxygen atoms in total. The molecule has 2 aromatic heterocycles. The number of anilines is 2. The number of aryl methyl sites for hydroxylation is 1. The van der Waals surface area contributed by atoms with E-state index in [-0.39, 0.29) is 0 Å². The molecule has 0 amide bonds. The zero-order chi connectivity index (χ0) is 11.5. The second-order valence-electron chi connectivity index (χ2n) is 3.74. The fourth-order valence-corrected chi connectivity index (χ4v) is 1.28. The van der Waals surface area contributed by atoms with Gasteiger partial charge in [0.1, 0.15) is 11.5 Å². The highest BCUT2D eigenvalue weighted by Gasteiger charge is 2.04. The van der Waals surface area contributed by atoms with Gasteiger partial charge in [0.15, 0.2) is 0 Å². The average Bonchev–Trinajstić information content (AvgIpc) is 2.83. The van der Waals surface area contributed by atoms with Crippen LogP contribution in [0.5, 0.6) is 0 Å².